The topological polar surface area (TPSA) is 88.1 Å². The number of aliphatic carboxylic acids is 1. The zero-order chi connectivity index (χ0) is 26.6. The number of carboxylic acid groups (broad SMARTS) is 1. The maximum atomic E-state index is 13.3. The first-order chi connectivity index (χ1) is 18.4. The fraction of sp³-hybridized carbons (Fsp3) is 0.310. The summed E-state index contributed by atoms with van der Waals surface area (Å²) in [4.78, 5) is 30.6. The van der Waals surface area contributed by atoms with Crippen LogP contribution in [0.25, 0.3) is 0 Å². The Kier molecular flexibility index (Phi) is 10.2. The summed E-state index contributed by atoms with van der Waals surface area (Å²) in [6, 6.07) is 17.3. The summed E-state index contributed by atoms with van der Waals surface area (Å²) in [6.45, 7) is 1.19. The molecule has 1 aliphatic heterocycles. The number of nitrogens with zero attached hydrogens (tertiary/aromatic N) is 1. The number of carboxylic acids is 1. The normalized spacial score (nSPS) is 15.9. The van der Waals surface area contributed by atoms with Crippen molar-refractivity contribution < 1.29 is 58.6 Å². The van der Waals surface area contributed by atoms with Gasteiger partial charge >= 0.3 is 29.6 Å². The SMILES string of the molecule is O=C([O-])C1CCOc2cc(Oc3ccc(C(=O)N(CCc4ccc(Cl)cc4)OCC4CC4)cc3)c(Cl)cc21.[Na+]. The molecule has 1 fully saturated rings. The largest absolute Gasteiger partial charge is 1.00 e. The zero-order valence-electron chi connectivity index (χ0n) is 21.5. The molecule has 198 valence electrons. The van der Waals surface area contributed by atoms with Crippen LogP contribution in [0.1, 0.15) is 46.7 Å². The van der Waals surface area contributed by atoms with Crippen molar-refractivity contribution in [3.05, 3.63) is 87.4 Å². The molecule has 39 heavy (non-hydrogen) atoms. The summed E-state index contributed by atoms with van der Waals surface area (Å²) in [5, 5.41) is 13.8. The number of hydroxylamine groups is 2. The van der Waals surface area contributed by atoms with Gasteiger partial charge in [0.2, 0.25) is 0 Å². The van der Waals surface area contributed by atoms with E-state index in [0.717, 1.165) is 18.4 Å². The molecular formula is C29H26Cl2NNaO6. The van der Waals surface area contributed by atoms with Gasteiger partial charge in [0, 0.05) is 34.1 Å². The molecule has 1 unspecified atom stereocenters. The molecule has 1 atom stereocenters. The first kappa shape index (κ1) is 29.7. The van der Waals surface area contributed by atoms with Crippen LogP contribution in [0.3, 0.4) is 0 Å². The molecular weight excluding hydrogens is 552 g/mol. The van der Waals surface area contributed by atoms with E-state index < -0.39 is 11.9 Å². The number of fused-ring (bicyclic) bond motifs is 1. The first-order valence-corrected chi connectivity index (χ1v) is 13.3. The number of hydrogen-bond acceptors (Lipinski definition) is 6. The van der Waals surface area contributed by atoms with Crippen molar-refractivity contribution in [3.63, 3.8) is 0 Å². The van der Waals surface area contributed by atoms with Gasteiger partial charge in [-0.1, -0.05) is 35.3 Å². The number of halogens is 2. The van der Waals surface area contributed by atoms with E-state index in [1.165, 1.54) is 5.06 Å². The quantitative estimate of drug-likeness (QED) is 0.272. The summed E-state index contributed by atoms with van der Waals surface area (Å²) in [5.74, 6) is -0.490. The van der Waals surface area contributed by atoms with Crippen molar-refractivity contribution >= 4 is 35.1 Å². The predicted molar refractivity (Wildman–Crippen MR) is 141 cm³/mol. The van der Waals surface area contributed by atoms with E-state index in [9.17, 15) is 14.7 Å². The van der Waals surface area contributed by atoms with E-state index in [1.807, 2.05) is 24.3 Å². The average Bonchev–Trinajstić information content (AvgIpc) is 3.74. The van der Waals surface area contributed by atoms with E-state index in [1.54, 1.807) is 36.4 Å². The minimum Gasteiger partial charge on any atom is -0.549 e. The Bertz CT molecular complexity index is 1310. The van der Waals surface area contributed by atoms with Crippen LogP contribution in [0, 0.1) is 5.92 Å². The van der Waals surface area contributed by atoms with Crippen molar-refractivity contribution in [1.82, 2.24) is 5.06 Å². The number of carbonyl (C=O) groups is 2. The fourth-order valence-electron chi connectivity index (χ4n) is 4.24. The third-order valence-electron chi connectivity index (χ3n) is 6.62. The average molecular weight is 578 g/mol. The minimum atomic E-state index is -1.16. The Morgan fingerprint density at radius 2 is 1.72 bits per heavy atom. The summed E-state index contributed by atoms with van der Waals surface area (Å²) in [6.07, 6.45) is 3.19. The third-order valence-corrected chi connectivity index (χ3v) is 7.17. The monoisotopic (exact) mass is 577 g/mol. The van der Waals surface area contributed by atoms with Gasteiger partial charge in [-0.15, -0.1) is 0 Å². The van der Waals surface area contributed by atoms with Gasteiger partial charge in [-0.2, -0.15) is 0 Å². The van der Waals surface area contributed by atoms with Crippen LogP contribution in [-0.4, -0.2) is 36.7 Å². The molecule has 1 heterocycles. The summed E-state index contributed by atoms with van der Waals surface area (Å²) >= 11 is 12.4. The van der Waals surface area contributed by atoms with Crippen LogP contribution in [-0.2, 0) is 16.1 Å². The molecule has 0 saturated heterocycles. The second-order valence-corrected chi connectivity index (χ2v) is 10.3. The molecule has 1 aliphatic carbocycles. The van der Waals surface area contributed by atoms with Crippen molar-refractivity contribution in [2.75, 3.05) is 19.8 Å². The van der Waals surface area contributed by atoms with Gasteiger partial charge in [0.1, 0.15) is 17.2 Å². The molecule has 3 aromatic carbocycles. The van der Waals surface area contributed by atoms with E-state index >= 15 is 0 Å². The second kappa shape index (κ2) is 13.4. The van der Waals surface area contributed by atoms with Gasteiger partial charge in [-0.3, -0.25) is 9.63 Å². The van der Waals surface area contributed by atoms with Gasteiger partial charge in [0.25, 0.3) is 5.91 Å². The van der Waals surface area contributed by atoms with Crippen molar-refractivity contribution in [2.45, 2.75) is 31.6 Å². The van der Waals surface area contributed by atoms with Gasteiger partial charge in [-0.05, 0) is 79.6 Å². The molecule has 7 nitrogen and oxygen atoms in total. The Hall–Kier alpha value is -2.26. The van der Waals surface area contributed by atoms with Gasteiger partial charge < -0.3 is 19.4 Å². The zero-order valence-corrected chi connectivity index (χ0v) is 25.0. The second-order valence-electron chi connectivity index (χ2n) is 9.48. The molecule has 0 aromatic heterocycles. The smallest absolute Gasteiger partial charge is 0.549 e. The standard InChI is InChI=1S/C29H27Cl2NO6.Na/c30-21-7-3-18(4-8-21)11-13-32(37-17-19-1-2-19)28(33)20-5-9-22(10-6-20)38-27-16-26-24(15-25(27)31)23(29(34)35)12-14-36-26;/h3-10,15-16,19,23H,1-2,11-14,17H2,(H,34,35);/q;+1/p-1. The minimum absolute atomic E-state index is 0. The molecule has 0 N–H and O–H groups in total. The van der Waals surface area contributed by atoms with Crippen LogP contribution < -0.4 is 44.1 Å². The Morgan fingerprint density at radius 1 is 1.00 bits per heavy atom. The molecule has 2 aliphatic rings. The van der Waals surface area contributed by atoms with E-state index in [4.69, 9.17) is 37.5 Å². The molecule has 5 rings (SSSR count). The number of benzene rings is 3. The number of rotatable bonds is 10. The summed E-state index contributed by atoms with van der Waals surface area (Å²) in [5.41, 5.74) is 1.99. The van der Waals surface area contributed by atoms with Crippen LogP contribution in [0.2, 0.25) is 10.0 Å². The number of hydrogen-bond donors (Lipinski definition) is 0. The molecule has 1 saturated carbocycles. The van der Waals surface area contributed by atoms with E-state index in [-0.39, 0.29) is 47.1 Å². The van der Waals surface area contributed by atoms with E-state index in [0.29, 0.717) is 65.3 Å². The number of ether oxygens (including phenoxy) is 2. The Labute approximate surface area is 259 Å². The molecule has 10 heteroatoms. The van der Waals surface area contributed by atoms with Gasteiger partial charge in [0.05, 0.1) is 24.8 Å². The van der Waals surface area contributed by atoms with E-state index in [2.05, 4.69) is 0 Å². The Morgan fingerprint density at radius 3 is 2.38 bits per heavy atom. The summed E-state index contributed by atoms with van der Waals surface area (Å²) < 4.78 is 11.5. The molecule has 0 bridgehead atoms. The van der Waals surface area contributed by atoms with Crippen LogP contribution >= 0.6 is 23.2 Å². The number of amides is 1. The molecule has 3 aromatic rings. The molecule has 1 amide bonds. The first-order valence-electron chi connectivity index (χ1n) is 12.5. The van der Waals surface area contributed by atoms with Crippen molar-refractivity contribution in [2.24, 2.45) is 5.92 Å². The van der Waals surface area contributed by atoms with Crippen LogP contribution in [0.4, 0.5) is 0 Å². The number of carbonyl (C=O) groups excluding carboxylic acids is 2. The maximum Gasteiger partial charge on any atom is 1.00 e. The predicted octanol–water partition coefficient (Wildman–Crippen LogP) is 2.43. The van der Waals surface area contributed by atoms with Crippen LogP contribution in [0.5, 0.6) is 17.2 Å². The summed E-state index contributed by atoms with van der Waals surface area (Å²) in [7, 11) is 0. The van der Waals surface area contributed by atoms with Gasteiger partial charge in [0.15, 0.2) is 0 Å². The van der Waals surface area contributed by atoms with Crippen molar-refractivity contribution in [3.8, 4) is 17.2 Å². The third kappa shape index (κ3) is 7.69. The Balaban J connectivity index is 0.00000353. The van der Waals surface area contributed by atoms with Gasteiger partial charge in [-0.25, -0.2) is 5.06 Å². The van der Waals surface area contributed by atoms with Crippen molar-refractivity contribution in [1.29, 1.82) is 0 Å². The van der Waals surface area contributed by atoms with Crippen LogP contribution in [0.15, 0.2) is 60.7 Å². The maximum absolute atomic E-state index is 13.3. The fourth-order valence-corrected chi connectivity index (χ4v) is 4.57. The molecule has 0 spiro atoms. The molecule has 0 radical (unpaired) electrons.